The van der Waals surface area contributed by atoms with E-state index in [0.717, 1.165) is 42.3 Å². The van der Waals surface area contributed by atoms with E-state index in [9.17, 15) is 14.4 Å². The predicted octanol–water partition coefficient (Wildman–Crippen LogP) is 1.51. The number of carboxylic acid groups (broad SMARTS) is 1. The molecule has 1 aromatic carbocycles. The molecular weight excluding hydrogens is 424 g/mol. The van der Waals surface area contributed by atoms with Crippen LogP contribution in [0.15, 0.2) is 34.4 Å². The van der Waals surface area contributed by atoms with Gasteiger partial charge < -0.3 is 25.6 Å². The fourth-order valence-electron chi connectivity index (χ4n) is 2.88. The number of anilines is 1. The van der Waals surface area contributed by atoms with Crippen LogP contribution in [0.3, 0.4) is 0 Å². The molecule has 0 unspecified atom stereocenters. The molecule has 0 atom stereocenters. The number of nitrogens with one attached hydrogen (secondary N) is 1. The number of esters is 1. The Labute approximate surface area is 181 Å². The van der Waals surface area contributed by atoms with E-state index < -0.39 is 17.5 Å². The van der Waals surface area contributed by atoms with E-state index in [0.29, 0.717) is 5.39 Å². The van der Waals surface area contributed by atoms with Crippen molar-refractivity contribution in [2.45, 2.75) is 6.92 Å². The summed E-state index contributed by atoms with van der Waals surface area (Å²) in [5.41, 5.74) is 5.49. The second-order valence-electron chi connectivity index (χ2n) is 6.39. The number of fused-ring (bicyclic) bond motifs is 1. The summed E-state index contributed by atoms with van der Waals surface area (Å²) in [5, 5.41) is 18.7. The van der Waals surface area contributed by atoms with Gasteiger partial charge in [-0.25, -0.2) is 9.59 Å². The van der Waals surface area contributed by atoms with Gasteiger partial charge in [-0.05, 0) is 25.1 Å². The fraction of sp³-hybridized carbons (Fsp3) is 0.300. The first-order chi connectivity index (χ1) is 14.9. The lowest BCUT2D eigenvalue weighted by molar-refractivity contribution is 0.0519. The number of aromatic carboxylic acids is 1. The lowest BCUT2D eigenvalue weighted by Gasteiger charge is -2.10. The number of carbonyl (C=O) groups is 2. The van der Waals surface area contributed by atoms with E-state index >= 15 is 0 Å². The molecule has 1 aliphatic heterocycles. The van der Waals surface area contributed by atoms with Crippen LogP contribution in [-0.2, 0) is 9.47 Å². The van der Waals surface area contributed by atoms with Gasteiger partial charge in [-0.15, -0.1) is 11.3 Å². The molecule has 3 heterocycles. The van der Waals surface area contributed by atoms with E-state index in [2.05, 4.69) is 10.4 Å². The highest BCUT2D eigenvalue weighted by atomic mass is 32.1. The van der Waals surface area contributed by atoms with Crippen molar-refractivity contribution in [3.05, 3.63) is 51.3 Å². The summed E-state index contributed by atoms with van der Waals surface area (Å²) in [6.07, 6.45) is 0. The third kappa shape index (κ3) is 5.08. The largest absolute Gasteiger partial charge is 0.478 e. The summed E-state index contributed by atoms with van der Waals surface area (Å²) in [6, 6.07) is 5.68. The van der Waals surface area contributed by atoms with Crippen LogP contribution in [0, 0.1) is 0 Å². The van der Waals surface area contributed by atoms with Crippen molar-refractivity contribution in [1.29, 1.82) is 0 Å². The number of morpholine rings is 1. The smallest absolute Gasteiger partial charge is 0.359 e. The summed E-state index contributed by atoms with van der Waals surface area (Å²) in [6.45, 7) is 5.64. The van der Waals surface area contributed by atoms with Crippen molar-refractivity contribution in [2.24, 2.45) is 0 Å². The van der Waals surface area contributed by atoms with Gasteiger partial charge in [0.15, 0.2) is 5.69 Å². The van der Waals surface area contributed by atoms with Gasteiger partial charge in [0.2, 0.25) is 0 Å². The minimum atomic E-state index is -1.14. The number of thiophene rings is 1. The molecule has 0 aliphatic carbocycles. The van der Waals surface area contributed by atoms with Gasteiger partial charge in [0.1, 0.15) is 0 Å². The van der Waals surface area contributed by atoms with Gasteiger partial charge >= 0.3 is 11.9 Å². The number of carboxylic acids is 1. The summed E-state index contributed by atoms with van der Waals surface area (Å²) >= 11 is 1.12. The Morgan fingerprint density at radius 3 is 2.68 bits per heavy atom. The zero-order chi connectivity index (χ0) is 22.4. The molecule has 10 nitrogen and oxygen atoms in total. The van der Waals surface area contributed by atoms with Crippen molar-refractivity contribution < 1.29 is 24.2 Å². The van der Waals surface area contributed by atoms with Crippen LogP contribution in [0.2, 0.25) is 0 Å². The molecule has 0 saturated carbocycles. The van der Waals surface area contributed by atoms with E-state index in [1.165, 1.54) is 24.3 Å². The molecule has 1 saturated heterocycles. The average molecular weight is 446 g/mol. The minimum absolute atomic E-state index is 0.0118. The third-order valence-electron chi connectivity index (χ3n) is 4.33. The summed E-state index contributed by atoms with van der Waals surface area (Å²) in [4.78, 5) is 36.1. The Hall–Kier alpha value is -3.28. The Morgan fingerprint density at radius 1 is 1.35 bits per heavy atom. The van der Waals surface area contributed by atoms with Crippen molar-refractivity contribution in [3.8, 4) is 5.69 Å². The molecule has 0 bridgehead atoms. The first kappa shape index (κ1) is 22.4. The summed E-state index contributed by atoms with van der Waals surface area (Å²) < 4.78 is 11.0. The maximum Gasteiger partial charge on any atom is 0.359 e. The van der Waals surface area contributed by atoms with Gasteiger partial charge in [-0.3, -0.25) is 4.79 Å². The zero-order valence-corrected chi connectivity index (χ0v) is 17.6. The number of nitrogens with zero attached hydrogens (tertiary/aromatic N) is 2. The standard InChI is InChI=1S/C16H13N3O5S.C4H9NO/c1-2-24-16(23)12-10-7-25-13(17)11(10)14(20)19(18-12)9-5-3-4-8(6-9)15(21)22;1-3-6-4-2-5-1/h3-7H,2,17H2,1H3,(H,21,22);5H,1-4H2. The van der Waals surface area contributed by atoms with Gasteiger partial charge in [-0.2, -0.15) is 9.78 Å². The molecule has 4 rings (SSSR count). The Bertz CT molecular complexity index is 1140. The van der Waals surface area contributed by atoms with E-state index in [4.69, 9.17) is 20.3 Å². The van der Waals surface area contributed by atoms with E-state index in [1.807, 2.05) is 0 Å². The second-order valence-corrected chi connectivity index (χ2v) is 7.30. The molecule has 1 aliphatic rings. The van der Waals surface area contributed by atoms with Gasteiger partial charge in [0.25, 0.3) is 5.56 Å². The molecule has 0 amide bonds. The van der Waals surface area contributed by atoms with Crippen LogP contribution < -0.4 is 16.6 Å². The van der Waals surface area contributed by atoms with Crippen LogP contribution in [0.1, 0.15) is 27.8 Å². The Balaban J connectivity index is 0.000000391. The van der Waals surface area contributed by atoms with Gasteiger partial charge in [-0.1, -0.05) is 6.07 Å². The maximum atomic E-state index is 12.8. The quantitative estimate of drug-likeness (QED) is 0.508. The van der Waals surface area contributed by atoms with Gasteiger partial charge in [0, 0.05) is 23.9 Å². The molecule has 0 spiro atoms. The lowest BCUT2D eigenvalue weighted by atomic mass is 10.2. The minimum Gasteiger partial charge on any atom is -0.478 e. The fourth-order valence-corrected chi connectivity index (χ4v) is 3.67. The SMILES string of the molecule is C1COCCN1.CCOC(=O)c1nn(-c2cccc(C(=O)O)c2)c(=O)c2c(N)scc12. The number of ether oxygens (including phenoxy) is 2. The number of hydrogen-bond donors (Lipinski definition) is 3. The normalized spacial score (nSPS) is 13.3. The molecule has 2 aromatic heterocycles. The predicted molar refractivity (Wildman–Crippen MR) is 116 cm³/mol. The first-order valence-corrected chi connectivity index (χ1v) is 10.4. The zero-order valence-electron chi connectivity index (χ0n) is 16.8. The van der Waals surface area contributed by atoms with E-state index in [1.54, 1.807) is 12.3 Å². The number of nitrogen functional groups attached to an aromatic ring is 1. The number of hydrogen-bond acceptors (Lipinski definition) is 9. The first-order valence-electron chi connectivity index (χ1n) is 9.53. The molecule has 31 heavy (non-hydrogen) atoms. The highest BCUT2D eigenvalue weighted by Crippen LogP contribution is 2.27. The monoisotopic (exact) mass is 446 g/mol. The summed E-state index contributed by atoms with van der Waals surface area (Å²) in [7, 11) is 0. The molecule has 4 N–H and O–H groups in total. The van der Waals surface area contributed by atoms with Crippen LogP contribution in [-0.4, -0.2) is 59.7 Å². The number of rotatable bonds is 4. The molecule has 0 radical (unpaired) electrons. The Kier molecular flexibility index (Phi) is 7.34. The highest BCUT2D eigenvalue weighted by molar-refractivity contribution is 7.15. The average Bonchev–Trinajstić information content (AvgIpc) is 3.18. The van der Waals surface area contributed by atoms with Crippen LogP contribution in [0.4, 0.5) is 5.00 Å². The van der Waals surface area contributed by atoms with Crippen molar-refractivity contribution in [1.82, 2.24) is 15.1 Å². The number of benzene rings is 1. The number of carbonyl (C=O) groups excluding carboxylic acids is 1. The second kappa shape index (κ2) is 10.2. The molecule has 11 heteroatoms. The Morgan fingerprint density at radius 2 is 2.10 bits per heavy atom. The molecular formula is C20H22N4O6S. The number of nitrogens with two attached hydrogens (primary N) is 1. The van der Waals surface area contributed by atoms with Gasteiger partial charge in [0.05, 0.1) is 41.5 Å². The van der Waals surface area contributed by atoms with E-state index in [-0.39, 0.29) is 33.9 Å². The lowest BCUT2D eigenvalue weighted by Crippen LogP contribution is -2.30. The van der Waals surface area contributed by atoms with Crippen molar-refractivity contribution in [3.63, 3.8) is 0 Å². The summed E-state index contributed by atoms with van der Waals surface area (Å²) in [5.74, 6) is -1.83. The number of aromatic nitrogens is 2. The van der Waals surface area contributed by atoms with Crippen molar-refractivity contribution in [2.75, 3.05) is 38.6 Å². The molecule has 164 valence electrons. The third-order valence-corrected chi connectivity index (χ3v) is 5.15. The van der Waals surface area contributed by atoms with Crippen LogP contribution >= 0.6 is 11.3 Å². The maximum absolute atomic E-state index is 12.8. The van der Waals surface area contributed by atoms with Crippen LogP contribution in [0.25, 0.3) is 16.5 Å². The highest BCUT2D eigenvalue weighted by Gasteiger charge is 2.21. The molecule has 3 aromatic rings. The molecule has 1 fully saturated rings. The topological polar surface area (TPSA) is 146 Å². The van der Waals surface area contributed by atoms with Crippen molar-refractivity contribution >= 4 is 39.0 Å². The van der Waals surface area contributed by atoms with Crippen LogP contribution in [0.5, 0.6) is 0 Å².